The zero-order chi connectivity index (χ0) is 23.4. The number of hydrogen-bond donors (Lipinski definition) is 1. The van der Waals surface area contributed by atoms with Crippen LogP contribution < -0.4 is 14.9 Å². The molecule has 0 fully saturated rings. The predicted octanol–water partition coefficient (Wildman–Crippen LogP) is 6.51. The monoisotopic (exact) mass is 526 g/mol. The zero-order valence-electron chi connectivity index (χ0n) is 17.9. The highest BCUT2D eigenvalue weighted by Crippen LogP contribution is 2.33. The van der Waals surface area contributed by atoms with Crippen LogP contribution in [0.3, 0.4) is 0 Å². The first-order valence-corrected chi connectivity index (χ1v) is 11.2. The van der Waals surface area contributed by atoms with Crippen molar-refractivity contribution in [2.45, 2.75) is 13.5 Å². The first-order chi connectivity index (χ1) is 15.9. The lowest BCUT2D eigenvalue weighted by atomic mass is 10.1. The summed E-state index contributed by atoms with van der Waals surface area (Å²) in [5.74, 6) is 0.807. The molecule has 0 bridgehead atoms. The Bertz CT molecular complexity index is 1350. The minimum absolute atomic E-state index is 0.140. The molecule has 3 aromatic carbocycles. The molecule has 0 aliphatic carbocycles. The Balaban J connectivity index is 1.45. The molecule has 1 aromatic heterocycles. The number of fused-ring (bicyclic) bond motifs is 1. The second-order valence-corrected chi connectivity index (χ2v) is 8.59. The van der Waals surface area contributed by atoms with Crippen LogP contribution in [0.25, 0.3) is 11.0 Å². The van der Waals surface area contributed by atoms with Gasteiger partial charge in [-0.1, -0.05) is 41.4 Å². The van der Waals surface area contributed by atoms with Gasteiger partial charge in [0, 0.05) is 20.4 Å². The Kier molecular flexibility index (Phi) is 7.01. The van der Waals surface area contributed by atoms with Gasteiger partial charge in [-0.15, -0.1) is 0 Å². The number of aryl methyl sites for hydroxylation is 1. The molecule has 6 nitrogen and oxygen atoms in total. The second-order valence-electron chi connectivity index (χ2n) is 7.29. The fourth-order valence-corrected chi connectivity index (χ4v) is 3.83. The molecule has 1 heterocycles. The van der Waals surface area contributed by atoms with Crippen molar-refractivity contribution < 1.29 is 18.7 Å². The van der Waals surface area contributed by atoms with E-state index in [0.717, 1.165) is 15.4 Å². The number of hydrazone groups is 1. The largest absolute Gasteiger partial charge is 0.493 e. The van der Waals surface area contributed by atoms with Crippen molar-refractivity contribution in [3.05, 3.63) is 92.6 Å². The molecule has 8 heteroatoms. The van der Waals surface area contributed by atoms with E-state index in [0.29, 0.717) is 34.3 Å². The van der Waals surface area contributed by atoms with E-state index in [4.69, 9.17) is 25.5 Å². The highest BCUT2D eigenvalue weighted by molar-refractivity contribution is 9.10. The number of hydrogen-bond acceptors (Lipinski definition) is 5. The van der Waals surface area contributed by atoms with Crippen molar-refractivity contribution in [3.63, 3.8) is 0 Å². The number of carbonyl (C=O) groups is 1. The smallest absolute Gasteiger partial charge is 0.307 e. The summed E-state index contributed by atoms with van der Waals surface area (Å²) < 4.78 is 17.7. The molecule has 4 rings (SSSR count). The standard InChI is InChI=1S/C25H20BrClN2O4/c1-15-4-3-5-16(8-15)14-32-23-12-20(26)18(11-22(23)31-2)13-28-29-25(30)24-10-17-9-19(27)6-7-21(17)33-24/h3-13H,14H2,1-2H3,(H,29,30)/b28-13+. The Morgan fingerprint density at radius 3 is 2.79 bits per heavy atom. The number of methoxy groups -OCH3 is 1. The van der Waals surface area contributed by atoms with Crippen molar-refractivity contribution in [1.29, 1.82) is 0 Å². The third-order valence-corrected chi connectivity index (χ3v) is 5.75. The van der Waals surface area contributed by atoms with Gasteiger partial charge in [0.05, 0.1) is 13.3 Å². The second kappa shape index (κ2) is 10.1. The molecule has 0 radical (unpaired) electrons. The van der Waals surface area contributed by atoms with Crippen molar-refractivity contribution in [2.75, 3.05) is 7.11 Å². The van der Waals surface area contributed by atoms with Gasteiger partial charge < -0.3 is 13.9 Å². The van der Waals surface area contributed by atoms with E-state index in [1.807, 2.05) is 25.1 Å². The number of benzene rings is 3. The number of halogens is 2. The van der Waals surface area contributed by atoms with Gasteiger partial charge in [-0.25, -0.2) is 5.43 Å². The first-order valence-electron chi connectivity index (χ1n) is 10.0. The lowest BCUT2D eigenvalue weighted by Gasteiger charge is -2.13. The summed E-state index contributed by atoms with van der Waals surface area (Å²) in [6.45, 7) is 2.45. The van der Waals surface area contributed by atoms with Crippen LogP contribution in [0.4, 0.5) is 0 Å². The molecule has 0 saturated heterocycles. The van der Waals surface area contributed by atoms with E-state index in [-0.39, 0.29) is 5.76 Å². The van der Waals surface area contributed by atoms with E-state index in [2.05, 4.69) is 32.5 Å². The Labute approximate surface area is 204 Å². The quantitative estimate of drug-likeness (QED) is 0.220. The average Bonchev–Trinajstić information content (AvgIpc) is 3.22. The van der Waals surface area contributed by atoms with Gasteiger partial charge in [-0.05, 0) is 64.8 Å². The van der Waals surface area contributed by atoms with Crippen molar-refractivity contribution in [2.24, 2.45) is 5.10 Å². The van der Waals surface area contributed by atoms with Crippen LogP contribution in [-0.4, -0.2) is 19.2 Å². The molecular formula is C25H20BrClN2O4. The molecular weight excluding hydrogens is 508 g/mol. The van der Waals surface area contributed by atoms with Crippen LogP contribution in [0, 0.1) is 6.92 Å². The predicted molar refractivity (Wildman–Crippen MR) is 132 cm³/mol. The summed E-state index contributed by atoms with van der Waals surface area (Å²) in [6.07, 6.45) is 1.51. The van der Waals surface area contributed by atoms with E-state index >= 15 is 0 Å². The Morgan fingerprint density at radius 1 is 1.15 bits per heavy atom. The molecule has 0 spiro atoms. The highest BCUT2D eigenvalue weighted by atomic mass is 79.9. The van der Waals surface area contributed by atoms with Gasteiger partial charge in [-0.2, -0.15) is 5.10 Å². The van der Waals surface area contributed by atoms with Gasteiger partial charge in [-0.3, -0.25) is 4.79 Å². The van der Waals surface area contributed by atoms with Crippen LogP contribution in [-0.2, 0) is 6.61 Å². The summed E-state index contributed by atoms with van der Waals surface area (Å²) in [7, 11) is 1.57. The summed E-state index contributed by atoms with van der Waals surface area (Å²) >= 11 is 9.50. The highest BCUT2D eigenvalue weighted by Gasteiger charge is 2.13. The number of rotatable bonds is 7. The summed E-state index contributed by atoms with van der Waals surface area (Å²) in [6, 6.07) is 18.5. The number of amides is 1. The number of ether oxygens (including phenoxy) is 2. The maximum absolute atomic E-state index is 12.4. The topological polar surface area (TPSA) is 73.1 Å². The molecule has 1 amide bonds. The third-order valence-electron chi connectivity index (χ3n) is 4.83. The molecule has 0 unspecified atom stereocenters. The molecule has 4 aromatic rings. The van der Waals surface area contributed by atoms with Gasteiger partial charge >= 0.3 is 5.91 Å². The van der Waals surface area contributed by atoms with E-state index in [1.54, 1.807) is 43.5 Å². The van der Waals surface area contributed by atoms with Crippen LogP contribution >= 0.6 is 27.5 Å². The number of nitrogens with zero attached hydrogens (tertiary/aromatic N) is 1. The van der Waals surface area contributed by atoms with Crippen molar-refractivity contribution >= 4 is 50.6 Å². The van der Waals surface area contributed by atoms with Gasteiger partial charge in [0.25, 0.3) is 0 Å². The molecule has 0 saturated carbocycles. The fourth-order valence-electron chi connectivity index (χ4n) is 3.23. The van der Waals surface area contributed by atoms with Crippen LogP contribution in [0.5, 0.6) is 11.5 Å². The SMILES string of the molecule is COc1cc(/C=N/NC(=O)c2cc3cc(Cl)ccc3o2)c(Br)cc1OCc1cccc(C)c1. The Morgan fingerprint density at radius 2 is 2.00 bits per heavy atom. The number of nitrogens with one attached hydrogen (secondary N) is 1. The van der Waals surface area contributed by atoms with Crippen LogP contribution in [0.1, 0.15) is 27.2 Å². The van der Waals surface area contributed by atoms with Gasteiger partial charge in [0.1, 0.15) is 12.2 Å². The number of furan rings is 1. The Hall–Kier alpha value is -3.29. The minimum Gasteiger partial charge on any atom is -0.493 e. The lowest BCUT2D eigenvalue weighted by Crippen LogP contribution is -2.16. The summed E-state index contributed by atoms with van der Waals surface area (Å²) in [4.78, 5) is 12.4. The maximum atomic E-state index is 12.4. The normalized spacial score (nSPS) is 11.2. The van der Waals surface area contributed by atoms with Gasteiger partial charge in [0.2, 0.25) is 0 Å². The zero-order valence-corrected chi connectivity index (χ0v) is 20.2. The van der Waals surface area contributed by atoms with Gasteiger partial charge in [0.15, 0.2) is 17.3 Å². The van der Waals surface area contributed by atoms with E-state index in [1.165, 1.54) is 11.8 Å². The summed E-state index contributed by atoms with van der Waals surface area (Å²) in [5, 5.41) is 5.35. The summed E-state index contributed by atoms with van der Waals surface area (Å²) in [5.41, 5.74) is 5.97. The maximum Gasteiger partial charge on any atom is 0.307 e. The minimum atomic E-state index is -0.472. The molecule has 0 aliphatic heterocycles. The van der Waals surface area contributed by atoms with Crippen LogP contribution in [0.2, 0.25) is 5.02 Å². The first kappa shape index (κ1) is 22.9. The molecule has 0 atom stereocenters. The lowest BCUT2D eigenvalue weighted by molar-refractivity contribution is 0.0929. The van der Waals surface area contributed by atoms with Crippen LogP contribution in [0.15, 0.2) is 74.7 Å². The number of carbonyl (C=O) groups excluding carboxylic acids is 1. The van der Waals surface area contributed by atoms with E-state index < -0.39 is 5.91 Å². The third kappa shape index (κ3) is 5.56. The molecule has 168 valence electrons. The molecule has 33 heavy (non-hydrogen) atoms. The van der Waals surface area contributed by atoms with Crippen molar-refractivity contribution in [1.82, 2.24) is 5.43 Å². The molecule has 1 N–H and O–H groups in total. The molecule has 0 aliphatic rings. The average molecular weight is 528 g/mol. The fraction of sp³-hybridized carbons (Fsp3) is 0.120. The van der Waals surface area contributed by atoms with E-state index in [9.17, 15) is 4.79 Å². The van der Waals surface area contributed by atoms with Crippen molar-refractivity contribution in [3.8, 4) is 11.5 Å².